The van der Waals surface area contributed by atoms with Gasteiger partial charge in [-0.25, -0.2) is 0 Å². The molecule has 88 valence electrons. The first-order valence-corrected chi connectivity index (χ1v) is 5.98. The molecule has 1 atom stereocenters. The molecule has 1 aromatic heterocycles. The van der Waals surface area contributed by atoms with Crippen LogP contribution in [-0.4, -0.2) is 29.6 Å². The van der Waals surface area contributed by atoms with Crippen molar-refractivity contribution in [3.63, 3.8) is 0 Å². The zero-order valence-electron chi connectivity index (χ0n) is 9.70. The Morgan fingerprint density at radius 3 is 3.25 bits per heavy atom. The number of hydrogen-bond donors (Lipinski definition) is 2. The zero-order valence-corrected chi connectivity index (χ0v) is 9.70. The van der Waals surface area contributed by atoms with Crippen LogP contribution in [0.15, 0.2) is 18.3 Å². The SMILES string of the molecule is CCn1cccc1C(=O)N[C@@H]1CCCNC1. The molecule has 0 saturated carbocycles. The third-order valence-corrected chi connectivity index (χ3v) is 3.03. The highest BCUT2D eigenvalue weighted by molar-refractivity contribution is 5.92. The number of amides is 1. The van der Waals surface area contributed by atoms with Gasteiger partial charge in [0.05, 0.1) is 0 Å². The van der Waals surface area contributed by atoms with Gasteiger partial charge in [-0.15, -0.1) is 0 Å². The number of aryl methyl sites for hydroxylation is 1. The van der Waals surface area contributed by atoms with Crippen molar-refractivity contribution >= 4 is 5.91 Å². The second-order valence-electron chi connectivity index (χ2n) is 4.20. The van der Waals surface area contributed by atoms with E-state index < -0.39 is 0 Å². The van der Waals surface area contributed by atoms with Crippen molar-refractivity contribution in [2.45, 2.75) is 32.4 Å². The lowest BCUT2D eigenvalue weighted by Gasteiger charge is -2.23. The standard InChI is InChI=1S/C12H19N3O/c1-2-15-8-4-6-11(15)12(16)14-10-5-3-7-13-9-10/h4,6,8,10,13H,2-3,5,7,9H2,1H3,(H,14,16)/t10-/m1/s1. The quantitative estimate of drug-likeness (QED) is 0.799. The van der Waals surface area contributed by atoms with E-state index in [2.05, 4.69) is 10.6 Å². The van der Waals surface area contributed by atoms with Crippen molar-refractivity contribution in [3.05, 3.63) is 24.0 Å². The second kappa shape index (κ2) is 5.16. The van der Waals surface area contributed by atoms with Crippen molar-refractivity contribution in [3.8, 4) is 0 Å². The summed E-state index contributed by atoms with van der Waals surface area (Å²) in [6.45, 7) is 4.83. The molecule has 1 amide bonds. The molecule has 0 unspecified atom stereocenters. The van der Waals surface area contributed by atoms with Gasteiger partial charge in [-0.05, 0) is 38.4 Å². The normalized spacial score (nSPS) is 20.7. The first kappa shape index (κ1) is 11.2. The summed E-state index contributed by atoms with van der Waals surface area (Å²) in [5.74, 6) is 0.0422. The predicted octanol–water partition coefficient (Wildman–Crippen LogP) is 0.990. The van der Waals surface area contributed by atoms with E-state index in [4.69, 9.17) is 0 Å². The van der Waals surface area contributed by atoms with Gasteiger partial charge >= 0.3 is 0 Å². The molecule has 0 radical (unpaired) electrons. The van der Waals surface area contributed by atoms with Crippen LogP contribution in [0, 0.1) is 0 Å². The Kier molecular flexibility index (Phi) is 3.62. The molecular formula is C12H19N3O. The van der Waals surface area contributed by atoms with Crippen molar-refractivity contribution < 1.29 is 4.79 Å². The largest absolute Gasteiger partial charge is 0.347 e. The fourth-order valence-electron chi connectivity index (χ4n) is 2.13. The third-order valence-electron chi connectivity index (χ3n) is 3.03. The summed E-state index contributed by atoms with van der Waals surface area (Å²) in [7, 11) is 0. The average molecular weight is 221 g/mol. The molecule has 2 rings (SSSR count). The Labute approximate surface area is 96.0 Å². The van der Waals surface area contributed by atoms with Crippen molar-refractivity contribution in [1.29, 1.82) is 0 Å². The van der Waals surface area contributed by atoms with Gasteiger partial charge in [0, 0.05) is 25.3 Å². The molecule has 2 heterocycles. The van der Waals surface area contributed by atoms with Gasteiger partial charge in [0.1, 0.15) is 5.69 Å². The van der Waals surface area contributed by atoms with Crippen LogP contribution in [0.2, 0.25) is 0 Å². The average Bonchev–Trinajstić information content (AvgIpc) is 2.78. The predicted molar refractivity (Wildman–Crippen MR) is 63.5 cm³/mol. The molecule has 2 N–H and O–H groups in total. The van der Waals surface area contributed by atoms with E-state index in [0.717, 1.165) is 38.2 Å². The van der Waals surface area contributed by atoms with E-state index >= 15 is 0 Å². The lowest BCUT2D eigenvalue weighted by Crippen LogP contribution is -2.46. The highest BCUT2D eigenvalue weighted by atomic mass is 16.2. The van der Waals surface area contributed by atoms with Crippen molar-refractivity contribution in [2.75, 3.05) is 13.1 Å². The fourth-order valence-corrected chi connectivity index (χ4v) is 2.13. The van der Waals surface area contributed by atoms with E-state index in [1.54, 1.807) is 0 Å². The molecular weight excluding hydrogens is 202 g/mol. The molecule has 0 spiro atoms. The van der Waals surface area contributed by atoms with Crippen LogP contribution >= 0.6 is 0 Å². The van der Waals surface area contributed by atoms with E-state index in [1.807, 2.05) is 29.8 Å². The van der Waals surface area contributed by atoms with Crippen LogP contribution in [0.3, 0.4) is 0 Å². The van der Waals surface area contributed by atoms with Gasteiger partial charge in [-0.2, -0.15) is 0 Å². The van der Waals surface area contributed by atoms with Crippen molar-refractivity contribution in [1.82, 2.24) is 15.2 Å². The molecule has 1 aliphatic heterocycles. The smallest absolute Gasteiger partial charge is 0.268 e. The van der Waals surface area contributed by atoms with Crippen LogP contribution in [0.25, 0.3) is 0 Å². The molecule has 1 saturated heterocycles. The minimum Gasteiger partial charge on any atom is -0.347 e. The van der Waals surface area contributed by atoms with Crippen LogP contribution in [0.1, 0.15) is 30.3 Å². The molecule has 4 heteroatoms. The van der Waals surface area contributed by atoms with Gasteiger partial charge in [-0.3, -0.25) is 4.79 Å². The van der Waals surface area contributed by atoms with E-state index in [-0.39, 0.29) is 11.9 Å². The first-order valence-electron chi connectivity index (χ1n) is 5.98. The van der Waals surface area contributed by atoms with E-state index in [0.29, 0.717) is 0 Å². The lowest BCUT2D eigenvalue weighted by molar-refractivity contribution is 0.0921. The van der Waals surface area contributed by atoms with Crippen LogP contribution < -0.4 is 10.6 Å². The number of nitrogens with one attached hydrogen (secondary N) is 2. The highest BCUT2D eigenvalue weighted by Crippen LogP contribution is 2.05. The summed E-state index contributed by atoms with van der Waals surface area (Å²) < 4.78 is 1.96. The summed E-state index contributed by atoms with van der Waals surface area (Å²) in [5.41, 5.74) is 0.757. The lowest BCUT2D eigenvalue weighted by atomic mass is 10.1. The van der Waals surface area contributed by atoms with Gasteiger partial charge in [0.25, 0.3) is 5.91 Å². The van der Waals surface area contributed by atoms with Crippen molar-refractivity contribution in [2.24, 2.45) is 0 Å². The molecule has 0 aromatic carbocycles. The monoisotopic (exact) mass is 221 g/mol. The number of nitrogens with zero attached hydrogens (tertiary/aromatic N) is 1. The Morgan fingerprint density at radius 1 is 1.69 bits per heavy atom. The molecule has 1 fully saturated rings. The van der Waals surface area contributed by atoms with Gasteiger partial charge in [-0.1, -0.05) is 0 Å². The number of carbonyl (C=O) groups excluding carboxylic acids is 1. The first-order chi connectivity index (χ1) is 7.81. The molecule has 0 bridgehead atoms. The molecule has 16 heavy (non-hydrogen) atoms. The molecule has 1 aliphatic rings. The number of piperidine rings is 1. The number of rotatable bonds is 3. The molecule has 0 aliphatic carbocycles. The minimum atomic E-state index is 0.0422. The molecule has 1 aromatic rings. The van der Waals surface area contributed by atoms with E-state index in [1.165, 1.54) is 0 Å². The van der Waals surface area contributed by atoms with Crippen LogP contribution in [0.4, 0.5) is 0 Å². The van der Waals surface area contributed by atoms with Gasteiger partial charge < -0.3 is 15.2 Å². The third kappa shape index (κ3) is 2.44. The van der Waals surface area contributed by atoms with Crippen LogP contribution in [-0.2, 0) is 6.54 Å². The maximum absolute atomic E-state index is 12.0. The summed E-state index contributed by atoms with van der Waals surface area (Å²) in [5, 5.41) is 6.37. The van der Waals surface area contributed by atoms with E-state index in [9.17, 15) is 4.79 Å². The highest BCUT2D eigenvalue weighted by Gasteiger charge is 2.17. The van der Waals surface area contributed by atoms with Gasteiger partial charge in [0.2, 0.25) is 0 Å². The Bertz CT molecular complexity index is 353. The number of carbonyl (C=O) groups is 1. The second-order valence-corrected chi connectivity index (χ2v) is 4.20. The summed E-state index contributed by atoms with van der Waals surface area (Å²) in [6.07, 6.45) is 4.15. The summed E-state index contributed by atoms with van der Waals surface area (Å²) >= 11 is 0. The summed E-state index contributed by atoms with van der Waals surface area (Å²) in [6, 6.07) is 4.06. The van der Waals surface area contributed by atoms with Crippen LogP contribution in [0.5, 0.6) is 0 Å². The fraction of sp³-hybridized carbons (Fsp3) is 0.583. The van der Waals surface area contributed by atoms with Gasteiger partial charge in [0.15, 0.2) is 0 Å². The maximum atomic E-state index is 12.0. The Hall–Kier alpha value is -1.29. The minimum absolute atomic E-state index is 0.0422. The molecule has 4 nitrogen and oxygen atoms in total. The Morgan fingerprint density at radius 2 is 2.56 bits per heavy atom. The Balaban J connectivity index is 1.96. The summed E-state index contributed by atoms with van der Waals surface area (Å²) in [4.78, 5) is 12.0. The zero-order chi connectivity index (χ0) is 11.4. The topological polar surface area (TPSA) is 46.1 Å². The number of aromatic nitrogens is 1. The maximum Gasteiger partial charge on any atom is 0.268 e. The number of hydrogen-bond acceptors (Lipinski definition) is 2.